The first-order valence-corrected chi connectivity index (χ1v) is 11.7. The molecule has 0 saturated carbocycles. The molecule has 0 atom stereocenters. The van der Waals surface area contributed by atoms with E-state index < -0.39 is 14.3 Å². The molecule has 0 saturated heterocycles. The van der Waals surface area contributed by atoms with E-state index in [1.165, 1.54) is 0 Å². The Bertz CT molecular complexity index is 462. The molecule has 5 heteroatoms. The molecule has 0 spiro atoms. The third kappa shape index (κ3) is 4.03. The van der Waals surface area contributed by atoms with Crippen LogP contribution in [0.15, 0.2) is 52.5 Å². The van der Waals surface area contributed by atoms with E-state index in [0.717, 1.165) is 0 Å². The maximum atomic E-state index is 7.57. The van der Waals surface area contributed by atoms with Crippen molar-refractivity contribution in [2.75, 3.05) is 6.61 Å². The molecule has 3 aromatic heterocycles. The van der Waals surface area contributed by atoms with E-state index in [4.69, 9.17) is 5.11 Å². The number of rotatable bonds is 3. The van der Waals surface area contributed by atoms with Crippen LogP contribution in [0.5, 0.6) is 0 Å². The number of hydrogen-bond acceptors (Lipinski definition) is 4. The van der Waals surface area contributed by atoms with Crippen LogP contribution < -0.4 is 11.1 Å². The van der Waals surface area contributed by atoms with Crippen molar-refractivity contribution >= 4 is 59.5 Å². The van der Waals surface area contributed by atoms with Gasteiger partial charge < -0.3 is 5.11 Å². The molecule has 1 nitrogen and oxygen atoms in total. The van der Waals surface area contributed by atoms with Gasteiger partial charge in [0, 0.05) is 6.61 Å². The van der Waals surface area contributed by atoms with Crippen LogP contribution in [-0.2, 0) is 0 Å². The van der Waals surface area contributed by atoms with Gasteiger partial charge in [0.15, 0.2) is 0 Å². The Kier molecular flexibility index (Phi) is 6.33. The van der Waals surface area contributed by atoms with Gasteiger partial charge in [-0.1, -0.05) is 0 Å². The standard InChI is InChI=1S/C12H9GeS3.C2H6O/c1-4-10(14-7-1)13(11-5-2-8-15-11)12-6-3-9-16-12;1-2-3/h1-9H;3H,2H2,1H3. The molecule has 0 aromatic carbocycles. The molecule has 1 N–H and O–H groups in total. The summed E-state index contributed by atoms with van der Waals surface area (Å²) >= 11 is 4.33. The topological polar surface area (TPSA) is 20.2 Å². The van der Waals surface area contributed by atoms with Crippen molar-refractivity contribution < 1.29 is 5.11 Å². The fourth-order valence-corrected chi connectivity index (χ4v) is 14.5. The molecule has 0 aliphatic heterocycles. The molecule has 3 aromatic rings. The first kappa shape index (κ1) is 15.0. The van der Waals surface area contributed by atoms with Crippen molar-refractivity contribution in [3.63, 3.8) is 0 Å². The average Bonchev–Trinajstić information content (AvgIpc) is 3.15. The van der Waals surface area contributed by atoms with E-state index >= 15 is 0 Å². The molecular weight excluding hydrogens is 353 g/mol. The Morgan fingerprint density at radius 3 is 1.37 bits per heavy atom. The van der Waals surface area contributed by atoms with E-state index in [1.807, 2.05) is 34.0 Å². The maximum absolute atomic E-state index is 7.57. The summed E-state index contributed by atoms with van der Waals surface area (Å²) in [6, 6.07) is 13.4. The molecule has 0 fully saturated rings. The summed E-state index contributed by atoms with van der Waals surface area (Å²) in [5.41, 5.74) is 0. The van der Waals surface area contributed by atoms with E-state index in [9.17, 15) is 0 Å². The number of thiophene rings is 3. The van der Waals surface area contributed by atoms with Gasteiger partial charge in [0.2, 0.25) is 0 Å². The number of hydrogen-bond donors (Lipinski definition) is 1. The summed E-state index contributed by atoms with van der Waals surface area (Å²) in [5, 5.41) is 14.2. The Hall–Kier alpha value is -0.397. The molecule has 99 valence electrons. The van der Waals surface area contributed by atoms with E-state index in [2.05, 4.69) is 52.5 Å². The first-order chi connectivity index (χ1) is 9.36. The molecule has 0 unspecified atom stereocenters. The van der Waals surface area contributed by atoms with Crippen molar-refractivity contribution in [2.45, 2.75) is 6.92 Å². The van der Waals surface area contributed by atoms with Gasteiger partial charge >= 0.3 is 112 Å². The monoisotopic (exact) mass is 369 g/mol. The minimum absolute atomic E-state index is 0.250. The fourth-order valence-electron chi connectivity index (χ4n) is 1.63. The van der Waals surface area contributed by atoms with E-state index in [0.29, 0.717) is 0 Å². The second-order valence-electron chi connectivity index (χ2n) is 3.62. The van der Waals surface area contributed by atoms with Gasteiger partial charge in [0.05, 0.1) is 0 Å². The van der Waals surface area contributed by atoms with Gasteiger partial charge in [-0.2, -0.15) is 0 Å². The van der Waals surface area contributed by atoms with Crippen LogP contribution in [0.3, 0.4) is 0 Å². The van der Waals surface area contributed by atoms with Crippen molar-refractivity contribution in [3.8, 4) is 0 Å². The second-order valence-corrected chi connectivity index (χ2v) is 13.7. The number of aliphatic hydroxyl groups excluding tert-OH is 1. The summed E-state index contributed by atoms with van der Waals surface area (Å²) in [7, 11) is 0. The van der Waals surface area contributed by atoms with Gasteiger partial charge in [-0.05, 0) is 6.92 Å². The first-order valence-electron chi connectivity index (χ1n) is 5.96. The molecular formula is C14H15GeOS3. The molecule has 0 amide bonds. The van der Waals surface area contributed by atoms with Crippen LogP contribution >= 0.6 is 34.0 Å². The van der Waals surface area contributed by atoms with Gasteiger partial charge in [-0.15, -0.1) is 0 Å². The zero-order valence-electron chi connectivity index (χ0n) is 10.6. The zero-order chi connectivity index (χ0) is 13.5. The van der Waals surface area contributed by atoms with Crippen molar-refractivity contribution in [3.05, 3.63) is 52.5 Å². The Morgan fingerprint density at radius 2 is 1.16 bits per heavy atom. The Labute approximate surface area is 130 Å². The summed E-state index contributed by atoms with van der Waals surface area (Å²) < 4.78 is 4.81. The van der Waals surface area contributed by atoms with Gasteiger partial charge in [0.1, 0.15) is 0 Å². The van der Waals surface area contributed by atoms with Crippen LogP contribution in [0.2, 0.25) is 0 Å². The second kappa shape index (κ2) is 8.02. The Morgan fingerprint density at radius 1 is 0.842 bits per heavy atom. The van der Waals surface area contributed by atoms with Crippen LogP contribution in [0.25, 0.3) is 0 Å². The predicted molar refractivity (Wildman–Crippen MR) is 90.4 cm³/mol. The quantitative estimate of drug-likeness (QED) is 0.705. The Balaban J connectivity index is 0.000000408. The average molecular weight is 368 g/mol. The molecule has 0 bridgehead atoms. The van der Waals surface area contributed by atoms with Gasteiger partial charge in [-0.3, -0.25) is 0 Å². The van der Waals surface area contributed by atoms with Crippen LogP contribution in [0.4, 0.5) is 0 Å². The molecule has 3 rings (SSSR count). The van der Waals surface area contributed by atoms with E-state index in [1.54, 1.807) is 18.1 Å². The molecule has 0 aliphatic carbocycles. The van der Waals surface area contributed by atoms with Gasteiger partial charge in [0.25, 0.3) is 0 Å². The van der Waals surface area contributed by atoms with Crippen LogP contribution in [0.1, 0.15) is 6.92 Å². The summed E-state index contributed by atoms with van der Waals surface area (Å²) in [4.78, 5) is 0. The predicted octanol–water partition coefficient (Wildman–Crippen LogP) is 2.39. The fraction of sp³-hybridized carbons (Fsp3) is 0.143. The van der Waals surface area contributed by atoms with Crippen LogP contribution in [-0.4, -0.2) is 26.1 Å². The zero-order valence-corrected chi connectivity index (χ0v) is 15.1. The van der Waals surface area contributed by atoms with Crippen molar-refractivity contribution in [2.24, 2.45) is 0 Å². The molecule has 3 heterocycles. The van der Waals surface area contributed by atoms with Crippen LogP contribution in [0, 0.1) is 0 Å². The number of aliphatic hydroxyl groups is 1. The summed E-state index contributed by atoms with van der Waals surface area (Å²) in [6.07, 6.45) is 0. The van der Waals surface area contributed by atoms with Crippen molar-refractivity contribution in [1.29, 1.82) is 0 Å². The van der Waals surface area contributed by atoms with E-state index in [-0.39, 0.29) is 6.61 Å². The minimum atomic E-state index is -1.42. The third-order valence-electron chi connectivity index (χ3n) is 2.30. The third-order valence-corrected chi connectivity index (χ3v) is 13.9. The molecule has 1 radical (unpaired) electrons. The summed E-state index contributed by atoms with van der Waals surface area (Å²) in [6.45, 7) is 1.93. The molecule has 19 heavy (non-hydrogen) atoms. The normalized spacial score (nSPS) is 10.3. The van der Waals surface area contributed by atoms with Gasteiger partial charge in [-0.25, -0.2) is 0 Å². The SMILES string of the molecule is CCO.c1cs[c]([Ge]([c]2cccs2)[c]2cccs2)c1. The van der Waals surface area contributed by atoms with Crippen molar-refractivity contribution in [1.82, 2.24) is 0 Å². The summed E-state index contributed by atoms with van der Waals surface area (Å²) in [5.74, 6) is 0. The molecule has 0 aliphatic rings.